The van der Waals surface area contributed by atoms with Crippen molar-refractivity contribution >= 4 is 11.6 Å². The molecule has 1 saturated carbocycles. The van der Waals surface area contributed by atoms with Crippen molar-refractivity contribution in [1.29, 1.82) is 0 Å². The third-order valence-electron chi connectivity index (χ3n) is 3.40. The molecule has 1 nitrogen and oxygen atoms in total. The lowest BCUT2D eigenvalue weighted by Crippen LogP contribution is -2.04. The fourth-order valence-electron chi connectivity index (χ4n) is 2.56. The van der Waals surface area contributed by atoms with Crippen molar-refractivity contribution in [3.8, 4) is 0 Å². The zero-order valence-electron chi connectivity index (χ0n) is 8.00. The van der Waals surface area contributed by atoms with Crippen molar-refractivity contribution in [2.75, 3.05) is 0 Å². The Kier molecular flexibility index (Phi) is 1.86. The highest BCUT2D eigenvalue weighted by Gasteiger charge is 2.57. The molecule has 0 bridgehead atoms. The third kappa shape index (κ3) is 1.27. The van der Waals surface area contributed by atoms with E-state index in [-0.39, 0.29) is 5.60 Å². The van der Waals surface area contributed by atoms with Gasteiger partial charge in [-0.1, -0.05) is 36.6 Å². The molecule has 1 spiro atoms. The van der Waals surface area contributed by atoms with Crippen LogP contribution < -0.4 is 0 Å². The Hall–Kier alpha value is -0.530. The summed E-state index contributed by atoms with van der Waals surface area (Å²) < 4.78 is 5.85. The highest BCUT2D eigenvalue weighted by Crippen LogP contribution is 2.58. The average molecular weight is 209 g/mol. The van der Waals surface area contributed by atoms with E-state index in [1.54, 1.807) is 0 Å². The van der Waals surface area contributed by atoms with E-state index in [4.69, 9.17) is 16.3 Å². The van der Waals surface area contributed by atoms with Crippen LogP contribution in [-0.4, -0.2) is 5.60 Å². The molecule has 1 aliphatic carbocycles. The molecule has 1 heterocycles. The molecule has 1 aromatic carbocycles. The van der Waals surface area contributed by atoms with Gasteiger partial charge in [0.05, 0.1) is 5.60 Å². The van der Waals surface area contributed by atoms with E-state index < -0.39 is 0 Å². The maximum Gasteiger partial charge on any atom is 0.112 e. The largest absolute Gasteiger partial charge is 0.361 e. The normalized spacial score (nSPS) is 28.2. The van der Waals surface area contributed by atoms with Crippen molar-refractivity contribution < 1.29 is 4.74 Å². The molecule has 1 unspecified atom stereocenters. The molecule has 0 aromatic heterocycles. The summed E-state index contributed by atoms with van der Waals surface area (Å²) >= 11 is 5.85. The van der Waals surface area contributed by atoms with Gasteiger partial charge >= 0.3 is 0 Å². The van der Waals surface area contributed by atoms with Crippen LogP contribution in [0.25, 0.3) is 0 Å². The second-order valence-corrected chi connectivity index (χ2v) is 4.76. The third-order valence-corrected chi connectivity index (χ3v) is 3.65. The summed E-state index contributed by atoms with van der Waals surface area (Å²) in [4.78, 5) is 0. The first-order chi connectivity index (χ1) is 6.80. The molecule has 3 rings (SSSR count). The Labute approximate surface area is 89.0 Å². The maximum absolute atomic E-state index is 5.85. The first kappa shape index (κ1) is 8.75. The van der Waals surface area contributed by atoms with Gasteiger partial charge in [-0.3, -0.25) is 0 Å². The van der Waals surface area contributed by atoms with Gasteiger partial charge in [0.2, 0.25) is 0 Å². The van der Waals surface area contributed by atoms with E-state index in [0.29, 0.717) is 6.10 Å². The summed E-state index contributed by atoms with van der Waals surface area (Å²) in [7, 11) is 0. The first-order valence-corrected chi connectivity index (χ1v) is 5.61. The first-order valence-electron chi connectivity index (χ1n) is 5.23. The monoisotopic (exact) mass is 208 g/mol. The van der Waals surface area contributed by atoms with Crippen LogP contribution in [0.4, 0.5) is 0 Å². The summed E-state index contributed by atoms with van der Waals surface area (Å²) in [6, 6.07) is 8.06. The van der Waals surface area contributed by atoms with Gasteiger partial charge in [0.25, 0.3) is 0 Å². The van der Waals surface area contributed by atoms with Crippen molar-refractivity contribution in [2.24, 2.45) is 0 Å². The van der Waals surface area contributed by atoms with E-state index >= 15 is 0 Å². The van der Waals surface area contributed by atoms with Gasteiger partial charge in [0, 0.05) is 5.02 Å². The fraction of sp³-hybridized carbons (Fsp3) is 0.500. The molecule has 14 heavy (non-hydrogen) atoms. The van der Waals surface area contributed by atoms with Gasteiger partial charge < -0.3 is 4.74 Å². The lowest BCUT2D eigenvalue weighted by Gasteiger charge is -2.01. The van der Waals surface area contributed by atoms with Crippen LogP contribution >= 0.6 is 11.6 Å². The predicted molar refractivity (Wildman–Crippen MR) is 56.5 cm³/mol. The van der Waals surface area contributed by atoms with E-state index in [2.05, 4.69) is 12.1 Å². The number of hydrogen-bond acceptors (Lipinski definition) is 1. The summed E-state index contributed by atoms with van der Waals surface area (Å²) in [5.41, 5.74) is 1.50. The minimum Gasteiger partial charge on any atom is -0.361 e. The molecule has 0 radical (unpaired) electrons. The number of ether oxygens (including phenoxy) is 1. The van der Waals surface area contributed by atoms with Gasteiger partial charge in [-0.15, -0.1) is 0 Å². The molecule has 2 aliphatic rings. The lowest BCUT2D eigenvalue weighted by atomic mass is 9.98. The molecule has 0 amide bonds. The van der Waals surface area contributed by atoms with Crippen LogP contribution in [0.15, 0.2) is 24.3 Å². The number of rotatable bonds is 1. The Morgan fingerprint density at radius 3 is 2.43 bits per heavy atom. The van der Waals surface area contributed by atoms with Crippen molar-refractivity contribution in [2.45, 2.75) is 37.4 Å². The highest BCUT2D eigenvalue weighted by molar-refractivity contribution is 6.30. The molecular weight excluding hydrogens is 196 g/mol. The van der Waals surface area contributed by atoms with E-state index in [1.807, 2.05) is 12.1 Å². The van der Waals surface area contributed by atoms with Gasteiger partial charge in [-0.05, 0) is 30.5 Å². The summed E-state index contributed by atoms with van der Waals surface area (Å²) in [5.74, 6) is 0. The number of hydrogen-bond donors (Lipinski definition) is 0. The number of epoxide rings is 1. The van der Waals surface area contributed by atoms with Crippen LogP contribution in [0.3, 0.4) is 0 Å². The SMILES string of the molecule is Clc1ccc(C2OC23CCCC3)cc1. The predicted octanol–water partition coefficient (Wildman–Crippen LogP) is 3.72. The minimum absolute atomic E-state index is 0.216. The molecule has 74 valence electrons. The smallest absolute Gasteiger partial charge is 0.112 e. The van der Waals surface area contributed by atoms with Gasteiger partial charge in [0.15, 0.2) is 0 Å². The topological polar surface area (TPSA) is 12.5 Å². The lowest BCUT2D eigenvalue weighted by molar-refractivity contribution is 0.297. The molecule has 1 saturated heterocycles. The van der Waals surface area contributed by atoms with Gasteiger partial charge in [-0.2, -0.15) is 0 Å². The standard InChI is InChI=1S/C12H13ClO/c13-10-5-3-9(4-6-10)11-12(14-11)7-1-2-8-12/h3-6,11H,1-2,7-8H2. The zero-order chi connectivity index (χ0) is 9.60. The van der Waals surface area contributed by atoms with E-state index in [1.165, 1.54) is 31.2 Å². The minimum atomic E-state index is 0.216. The summed E-state index contributed by atoms with van der Waals surface area (Å²) in [6.07, 6.45) is 5.47. The molecule has 1 aliphatic heterocycles. The quantitative estimate of drug-likeness (QED) is 0.641. The number of halogens is 1. The van der Waals surface area contributed by atoms with Crippen molar-refractivity contribution in [3.05, 3.63) is 34.9 Å². The van der Waals surface area contributed by atoms with Crippen LogP contribution in [-0.2, 0) is 4.74 Å². The zero-order valence-corrected chi connectivity index (χ0v) is 8.76. The van der Waals surface area contributed by atoms with Crippen LogP contribution in [0.1, 0.15) is 37.4 Å². The van der Waals surface area contributed by atoms with Crippen molar-refractivity contribution in [3.63, 3.8) is 0 Å². The molecule has 0 N–H and O–H groups in total. The van der Waals surface area contributed by atoms with E-state index in [9.17, 15) is 0 Å². The van der Waals surface area contributed by atoms with Crippen LogP contribution in [0, 0.1) is 0 Å². The van der Waals surface area contributed by atoms with Gasteiger partial charge in [0.1, 0.15) is 6.10 Å². The second kappa shape index (κ2) is 2.98. The molecule has 1 atom stereocenters. The van der Waals surface area contributed by atoms with E-state index in [0.717, 1.165) is 5.02 Å². The molecule has 2 fully saturated rings. The maximum atomic E-state index is 5.85. The molecule has 2 heteroatoms. The van der Waals surface area contributed by atoms with Crippen LogP contribution in [0.5, 0.6) is 0 Å². The highest BCUT2D eigenvalue weighted by atomic mass is 35.5. The molecular formula is C12H13ClO. The second-order valence-electron chi connectivity index (χ2n) is 4.32. The molecule has 1 aromatic rings. The number of benzene rings is 1. The fourth-order valence-corrected chi connectivity index (χ4v) is 2.69. The van der Waals surface area contributed by atoms with Crippen molar-refractivity contribution in [1.82, 2.24) is 0 Å². The Balaban J connectivity index is 1.82. The summed E-state index contributed by atoms with van der Waals surface area (Å²) in [5, 5.41) is 0.801. The Morgan fingerprint density at radius 2 is 1.79 bits per heavy atom. The Bertz CT molecular complexity index is 338. The van der Waals surface area contributed by atoms with Gasteiger partial charge in [-0.25, -0.2) is 0 Å². The average Bonchev–Trinajstić information content (AvgIpc) is 2.68. The van der Waals surface area contributed by atoms with Crippen LogP contribution in [0.2, 0.25) is 5.02 Å². The Morgan fingerprint density at radius 1 is 1.14 bits per heavy atom. The summed E-state index contributed by atoms with van der Waals surface area (Å²) in [6.45, 7) is 0.